The molecule has 2 atom stereocenters. The number of aromatic nitrogens is 1. The molecule has 2 rings (SSSR count). The van der Waals surface area contributed by atoms with E-state index in [2.05, 4.69) is 4.98 Å². The van der Waals surface area contributed by atoms with Crippen LogP contribution in [0.25, 0.3) is 0 Å². The molecule has 2 heterocycles. The van der Waals surface area contributed by atoms with Crippen LogP contribution in [0.2, 0.25) is 0 Å². The summed E-state index contributed by atoms with van der Waals surface area (Å²) in [6, 6.07) is 0.0716. The van der Waals surface area contributed by atoms with E-state index in [-0.39, 0.29) is 18.5 Å². The van der Waals surface area contributed by atoms with Crippen LogP contribution in [0.4, 0.5) is 0 Å². The molecule has 1 saturated heterocycles. The summed E-state index contributed by atoms with van der Waals surface area (Å²) >= 11 is 1.48. The molecule has 1 fully saturated rings. The standard InChI is InChI=1S/C14H20N2O3S/c1-8(2)12-15-11(7-20-12)13(17)16-6-10(14(18)19)5-4-9(16)3/h7-10H,4-6H2,1-3H3,(H,18,19). The Morgan fingerprint density at radius 3 is 2.70 bits per heavy atom. The van der Waals surface area contributed by atoms with Crippen LogP contribution in [-0.4, -0.2) is 39.5 Å². The number of carbonyl (C=O) groups is 2. The molecule has 1 aromatic heterocycles. The van der Waals surface area contributed by atoms with E-state index in [9.17, 15) is 9.59 Å². The summed E-state index contributed by atoms with van der Waals surface area (Å²) < 4.78 is 0. The highest BCUT2D eigenvalue weighted by Gasteiger charge is 2.33. The van der Waals surface area contributed by atoms with Crippen LogP contribution in [-0.2, 0) is 4.79 Å². The van der Waals surface area contributed by atoms with Crippen molar-refractivity contribution in [3.8, 4) is 0 Å². The fourth-order valence-corrected chi connectivity index (χ4v) is 3.20. The van der Waals surface area contributed by atoms with Gasteiger partial charge in [0.1, 0.15) is 5.69 Å². The Balaban J connectivity index is 2.15. The van der Waals surface area contributed by atoms with Crippen molar-refractivity contribution < 1.29 is 14.7 Å². The van der Waals surface area contributed by atoms with Gasteiger partial charge in [-0.25, -0.2) is 4.98 Å². The molecular formula is C14H20N2O3S. The first-order chi connectivity index (χ1) is 9.40. The number of aliphatic carboxylic acids is 1. The number of likely N-dealkylation sites (tertiary alicyclic amines) is 1. The number of rotatable bonds is 3. The molecule has 5 nitrogen and oxygen atoms in total. The maximum Gasteiger partial charge on any atom is 0.308 e. The third kappa shape index (κ3) is 3.00. The van der Waals surface area contributed by atoms with Gasteiger partial charge in [0.05, 0.1) is 10.9 Å². The van der Waals surface area contributed by atoms with Gasteiger partial charge in [-0.1, -0.05) is 13.8 Å². The van der Waals surface area contributed by atoms with Crippen molar-refractivity contribution in [2.45, 2.75) is 45.6 Å². The van der Waals surface area contributed by atoms with Crippen molar-refractivity contribution in [3.05, 3.63) is 16.1 Å². The van der Waals surface area contributed by atoms with Crippen molar-refractivity contribution in [1.29, 1.82) is 0 Å². The van der Waals surface area contributed by atoms with Gasteiger partial charge in [-0.15, -0.1) is 11.3 Å². The monoisotopic (exact) mass is 296 g/mol. The molecule has 1 aliphatic rings. The fraction of sp³-hybridized carbons (Fsp3) is 0.643. The molecule has 0 spiro atoms. The number of amides is 1. The third-order valence-electron chi connectivity index (χ3n) is 3.73. The summed E-state index contributed by atoms with van der Waals surface area (Å²) in [5, 5.41) is 11.8. The number of piperidine rings is 1. The van der Waals surface area contributed by atoms with Gasteiger partial charge < -0.3 is 10.0 Å². The maximum absolute atomic E-state index is 12.5. The summed E-state index contributed by atoms with van der Waals surface area (Å²) in [5.74, 6) is -1.13. The van der Waals surface area contributed by atoms with E-state index in [1.807, 2.05) is 20.8 Å². The van der Waals surface area contributed by atoms with Gasteiger partial charge in [0.15, 0.2) is 0 Å². The van der Waals surface area contributed by atoms with Crippen molar-refractivity contribution in [3.63, 3.8) is 0 Å². The highest BCUT2D eigenvalue weighted by atomic mass is 32.1. The Morgan fingerprint density at radius 2 is 2.15 bits per heavy atom. The van der Waals surface area contributed by atoms with E-state index in [0.29, 0.717) is 18.0 Å². The molecule has 0 bridgehead atoms. The SMILES string of the molecule is CC(C)c1nc(C(=O)N2CC(C(=O)O)CCC2C)cs1. The van der Waals surface area contributed by atoms with E-state index in [1.165, 1.54) is 11.3 Å². The van der Waals surface area contributed by atoms with Crippen molar-refractivity contribution >= 4 is 23.2 Å². The van der Waals surface area contributed by atoms with Crippen LogP contribution in [0.3, 0.4) is 0 Å². The number of hydrogen-bond donors (Lipinski definition) is 1. The van der Waals surface area contributed by atoms with Gasteiger partial charge >= 0.3 is 5.97 Å². The first-order valence-electron chi connectivity index (χ1n) is 6.89. The Bertz CT molecular complexity index is 512. The number of carboxylic acids is 1. The van der Waals surface area contributed by atoms with Crippen LogP contribution < -0.4 is 0 Å². The molecule has 0 aliphatic carbocycles. The smallest absolute Gasteiger partial charge is 0.308 e. The minimum atomic E-state index is -0.823. The van der Waals surface area contributed by atoms with E-state index in [4.69, 9.17) is 5.11 Å². The number of carboxylic acid groups (broad SMARTS) is 1. The Kier molecular flexibility index (Phi) is 4.42. The lowest BCUT2D eigenvalue weighted by molar-refractivity contribution is -0.143. The van der Waals surface area contributed by atoms with E-state index in [0.717, 1.165) is 11.4 Å². The van der Waals surface area contributed by atoms with Crippen LogP contribution in [0.1, 0.15) is 55.0 Å². The molecule has 1 aliphatic heterocycles. The van der Waals surface area contributed by atoms with Crippen molar-refractivity contribution in [1.82, 2.24) is 9.88 Å². The third-order valence-corrected chi connectivity index (χ3v) is 4.87. The van der Waals surface area contributed by atoms with Crippen LogP contribution in [0, 0.1) is 5.92 Å². The molecular weight excluding hydrogens is 276 g/mol. The Morgan fingerprint density at radius 1 is 1.45 bits per heavy atom. The zero-order valence-corrected chi connectivity index (χ0v) is 12.8. The number of carbonyl (C=O) groups excluding carboxylic acids is 1. The highest BCUT2D eigenvalue weighted by molar-refractivity contribution is 7.09. The van der Waals surface area contributed by atoms with Crippen molar-refractivity contribution in [2.75, 3.05) is 6.54 Å². The summed E-state index contributed by atoms with van der Waals surface area (Å²) in [4.78, 5) is 29.6. The molecule has 0 radical (unpaired) electrons. The van der Waals surface area contributed by atoms with Gasteiger partial charge in [-0.3, -0.25) is 9.59 Å². The predicted molar refractivity (Wildman–Crippen MR) is 77.1 cm³/mol. The Labute approximate surface area is 122 Å². The summed E-state index contributed by atoms with van der Waals surface area (Å²) in [5.41, 5.74) is 0.441. The second-order valence-corrected chi connectivity index (χ2v) is 6.53. The fourth-order valence-electron chi connectivity index (χ4n) is 2.39. The zero-order valence-electron chi connectivity index (χ0n) is 12.0. The minimum Gasteiger partial charge on any atom is -0.481 e. The first kappa shape index (κ1) is 15.0. The van der Waals surface area contributed by atoms with Crippen LogP contribution in [0.5, 0.6) is 0 Å². The molecule has 0 aromatic carbocycles. The van der Waals surface area contributed by atoms with E-state index >= 15 is 0 Å². The zero-order chi connectivity index (χ0) is 14.9. The molecule has 6 heteroatoms. The van der Waals surface area contributed by atoms with Crippen LogP contribution in [0.15, 0.2) is 5.38 Å². The topological polar surface area (TPSA) is 70.5 Å². The number of nitrogens with zero attached hydrogens (tertiary/aromatic N) is 2. The summed E-state index contributed by atoms with van der Waals surface area (Å²) in [6.07, 6.45) is 1.36. The van der Waals surface area contributed by atoms with E-state index in [1.54, 1.807) is 10.3 Å². The Hall–Kier alpha value is -1.43. The minimum absolute atomic E-state index is 0.0716. The average Bonchev–Trinajstić information content (AvgIpc) is 2.88. The molecule has 2 unspecified atom stereocenters. The lowest BCUT2D eigenvalue weighted by Crippen LogP contribution is -2.47. The first-order valence-corrected chi connectivity index (χ1v) is 7.77. The maximum atomic E-state index is 12.5. The van der Waals surface area contributed by atoms with Gasteiger partial charge in [-0.2, -0.15) is 0 Å². The van der Waals surface area contributed by atoms with Gasteiger partial charge in [0, 0.05) is 23.9 Å². The molecule has 0 saturated carbocycles. The van der Waals surface area contributed by atoms with Crippen LogP contribution >= 0.6 is 11.3 Å². The molecule has 1 aromatic rings. The largest absolute Gasteiger partial charge is 0.481 e. The normalized spacial score (nSPS) is 23.1. The molecule has 1 amide bonds. The lowest BCUT2D eigenvalue weighted by atomic mass is 9.93. The van der Waals surface area contributed by atoms with Crippen molar-refractivity contribution in [2.24, 2.45) is 5.92 Å². The lowest BCUT2D eigenvalue weighted by Gasteiger charge is -2.36. The second kappa shape index (κ2) is 5.91. The van der Waals surface area contributed by atoms with Gasteiger partial charge in [0.25, 0.3) is 5.91 Å². The molecule has 20 heavy (non-hydrogen) atoms. The van der Waals surface area contributed by atoms with Gasteiger partial charge in [0.2, 0.25) is 0 Å². The average molecular weight is 296 g/mol. The van der Waals surface area contributed by atoms with E-state index < -0.39 is 11.9 Å². The summed E-state index contributed by atoms with van der Waals surface area (Å²) in [6.45, 7) is 6.32. The number of hydrogen-bond acceptors (Lipinski definition) is 4. The summed E-state index contributed by atoms with van der Waals surface area (Å²) in [7, 11) is 0. The predicted octanol–water partition coefficient (Wildman–Crippen LogP) is 2.59. The molecule has 110 valence electrons. The van der Waals surface area contributed by atoms with Gasteiger partial charge in [-0.05, 0) is 19.8 Å². The highest BCUT2D eigenvalue weighted by Crippen LogP contribution is 2.25. The second-order valence-electron chi connectivity index (χ2n) is 5.64. The number of thiazole rings is 1. The quantitative estimate of drug-likeness (QED) is 0.930. The molecule has 1 N–H and O–H groups in total.